The van der Waals surface area contributed by atoms with Gasteiger partial charge in [0, 0.05) is 17.1 Å². The molecule has 2 heterocycles. The number of benzene rings is 2. The van der Waals surface area contributed by atoms with Crippen molar-refractivity contribution in [1.82, 2.24) is 24.7 Å². The molecule has 0 bridgehead atoms. The summed E-state index contributed by atoms with van der Waals surface area (Å²) in [5.74, 6) is -0.705. The summed E-state index contributed by atoms with van der Waals surface area (Å²) in [6.07, 6.45) is 1.36. The maximum absolute atomic E-state index is 13.1. The Bertz CT molecular complexity index is 1230. The summed E-state index contributed by atoms with van der Waals surface area (Å²) in [6, 6.07) is 14.5. The third-order valence-electron chi connectivity index (χ3n) is 4.33. The molecule has 1 amide bonds. The number of fused-ring (bicyclic) bond motifs is 1. The van der Waals surface area contributed by atoms with E-state index in [0.29, 0.717) is 22.8 Å². The fourth-order valence-corrected chi connectivity index (χ4v) is 2.93. The van der Waals surface area contributed by atoms with Gasteiger partial charge in [-0.1, -0.05) is 23.7 Å². The summed E-state index contributed by atoms with van der Waals surface area (Å²) in [4.78, 5) is 24.9. The molecular formula is C20H15ClFN5O2. The zero-order valence-corrected chi connectivity index (χ0v) is 15.8. The molecule has 9 heteroatoms. The van der Waals surface area contributed by atoms with E-state index in [0.717, 1.165) is 10.2 Å². The van der Waals surface area contributed by atoms with Gasteiger partial charge < -0.3 is 5.32 Å². The van der Waals surface area contributed by atoms with Crippen molar-refractivity contribution in [3.8, 4) is 11.3 Å². The van der Waals surface area contributed by atoms with E-state index >= 15 is 0 Å². The van der Waals surface area contributed by atoms with Crippen molar-refractivity contribution in [2.75, 3.05) is 0 Å². The molecule has 146 valence electrons. The van der Waals surface area contributed by atoms with Gasteiger partial charge in [0.15, 0.2) is 0 Å². The lowest BCUT2D eigenvalue weighted by Gasteiger charge is -2.07. The lowest BCUT2D eigenvalue weighted by atomic mass is 10.1. The summed E-state index contributed by atoms with van der Waals surface area (Å²) >= 11 is 5.84. The molecular weight excluding hydrogens is 397 g/mol. The molecule has 1 N–H and O–H groups in total. The van der Waals surface area contributed by atoms with Gasteiger partial charge in [-0.2, -0.15) is 10.2 Å². The van der Waals surface area contributed by atoms with E-state index in [1.54, 1.807) is 30.3 Å². The number of rotatable bonds is 5. The van der Waals surface area contributed by atoms with Gasteiger partial charge in [-0.05, 0) is 48.0 Å². The molecule has 0 fully saturated rings. The summed E-state index contributed by atoms with van der Waals surface area (Å²) in [7, 11) is 0. The van der Waals surface area contributed by atoms with Gasteiger partial charge >= 0.3 is 0 Å². The summed E-state index contributed by atoms with van der Waals surface area (Å²) in [6.45, 7) is 0.0916. The molecule has 4 aromatic rings. The number of carbonyl (C=O) groups excluding carboxylic acids is 1. The topological polar surface area (TPSA) is 81.3 Å². The zero-order chi connectivity index (χ0) is 20.4. The second-order valence-corrected chi connectivity index (χ2v) is 6.80. The molecule has 4 rings (SSSR count). The summed E-state index contributed by atoms with van der Waals surface area (Å²) in [5, 5.41) is 11.6. The average Bonchev–Trinajstić information content (AvgIpc) is 3.15. The minimum Gasteiger partial charge on any atom is -0.350 e. The predicted octanol–water partition coefficient (Wildman–Crippen LogP) is 2.67. The maximum atomic E-state index is 13.1. The first-order chi connectivity index (χ1) is 14.0. The van der Waals surface area contributed by atoms with Crippen LogP contribution in [0.2, 0.25) is 5.02 Å². The number of amides is 1. The van der Waals surface area contributed by atoms with Crippen LogP contribution in [0, 0.1) is 5.82 Å². The van der Waals surface area contributed by atoms with Crippen LogP contribution in [0.3, 0.4) is 0 Å². The predicted molar refractivity (Wildman–Crippen MR) is 106 cm³/mol. The Hall–Kier alpha value is -3.52. The number of nitrogens with one attached hydrogen (secondary N) is 1. The lowest BCUT2D eigenvalue weighted by Crippen LogP contribution is -2.34. The molecule has 0 spiro atoms. The summed E-state index contributed by atoms with van der Waals surface area (Å²) < 4.78 is 15.5. The van der Waals surface area contributed by atoms with Crippen molar-refractivity contribution in [3.63, 3.8) is 0 Å². The van der Waals surface area contributed by atoms with Gasteiger partial charge in [0.25, 0.3) is 5.56 Å². The van der Waals surface area contributed by atoms with Crippen LogP contribution in [0.5, 0.6) is 0 Å². The molecule has 7 nitrogen and oxygen atoms in total. The largest absolute Gasteiger partial charge is 0.350 e. The van der Waals surface area contributed by atoms with Crippen LogP contribution in [0.4, 0.5) is 4.39 Å². The quantitative estimate of drug-likeness (QED) is 0.547. The fraction of sp³-hybridized carbons (Fsp3) is 0.100. The van der Waals surface area contributed by atoms with E-state index < -0.39 is 5.56 Å². The lowest BCUT2D eigenvalue weighted by molar-refractivity contribution is -0.122. The second kappa shape index (κ2) is 7.84. The van der Waals surface area contributed by atoms with Crippen LogP contribution in [-0.4, -0.2) is 25.3 Å². The van der Waals surface area contributed by atoms with Crippen molar-refractivity contribution >= 4 is 23.0 Å². The highest BCUT2D eigenvalue weighted by molar-refractivity contribution is 6.30. The molecule has 2 aromatic carbocycles. The first-order valence-corrected chi connectivity index (χ1v) is 9.10. The molecule has 0 aliphatic heterocycles. The normalized spacial score (nSPS) is 11.0. The van der Waals surface area contributed by atoms with E-state index in [1.165, 1.54) is 23.0 Å². The molecule has 0 saturated heterocycles. The van der Waals surface area contributed by atoms with Crippen molar-refractivity contribution in [2.24, 2.45) is 0 Å². The van der Waals surface area contributed by atoms with E-state index in [9.17, 15) is 14.0 Å². The van der Waals surface area contributed by atoms with E-state index in [-0.39, 0.29) is 23.8 Å². The first kappa shape index (κ1) is 18.8. The van der Waals surface area contributed by atoms with Crippen LogP contribution >= 0.6 is 11.6 Å². The number of hydrogen-bond donors (Lipinski definition) is 1. The number of carbonyl (C=O) groups is 1. The molecule has 0 aliphatic carbocycles. The van der Waals surface area contributed by atoms with Gasteiger partial charge in [-0.3, -0.25) is 9.59 Å². The van der Waals surface area contributed by atoms with E-state index in [4.69, 9.17) is 11.6 Å². The molecule has 0 unspecified atom stereocenters. The van der Waals surface area contributed by atoms with Crippen molar-refractivity contribution in [3.05, 3.63) is 87.7 Å². The Labute approximate surface area is 169 Å². The highest BCUT2D eigenvalue weighted by atomic mass is 35.5. The summed E-state index contributed by atoms with van der Waals surface area (Å²) in [5.41, 5.74) is 1.88. The molecule has 0 radical (unpaired) electrons. The Balaban J connectivity index is 1.51. The van der Waals surface area contributed by atoms with Gasteiger partial charge in [-0.25, -0.2) is 13.6 Å². The van der Waals surface area contributed by atoms with E-state index in [2.05, 4.69) is 15.5 Å². The smallest absolute Gasteiger partial charge is 0.293 e. The van der Waals surface area contributed by atoms with Crippen LogP contribution in [0.15, 0.2) is 65.7 Å². The zero-order valence-electron chi connectivity index (χ0n) is 15.0. The minimum atomic E-state index is -0.449. The van der Waals surface area contributed by atoms with Crippen LogP contribution < -0.4 is 10.9 Å². The number of aromatic nitrogens is 4. The molecule has 2 aromatic heterocycles. The Morgan fingerprint density at radius 1 is 1.10 bits per heavy atom. The Morgan fingerprint density at radius 2 is 1.83 bits per heavy atom. The monoisotopic (exact) mass is 411 g/mol. The molecule has 29 heavy (non-hydrogen) atoms. The first-order valence-electron chi connectivity index (χ1n) is 8.72. The van der Waals surface area contributed by atoms with Crippen LogP contribution in [-0.2, 0) is 17.9 Å². The molecule has 0 saturated carbocycles. The highest BCUT2D eigenvalue weighted by Gasteiger charge is 2.12. The van der Waals surface area contributed by atoms with Gasteiger partial charge in [-0.15, -0.1) is 0 Å². The van der Waals surface area contributed by atoms with Crippen molar-refractivity contribution < 1.29 is 9.18 Å². The van der Waals surface area contributed by atoms with E-state index in [1.807, 2.05) is 12.1 Å². The van der Waals surface area contributed by atoms with Gasteiger partial charge in [0.2, 0.25) is 5.91 Å². The van der Waals surface area contributed by atoms with Gasteiger partial charge in [0.1, 0.15) is 24.2 Å². The third kappa shape index (κ3) is 4.17. The maximum Gasteiger partial charge on any atom is 0.293 e. The minimum absolute atomic E-state index is 0.222. The van der Waals surface area contributed by atoms with Crippen LogP contribution in [0.1, 0.15) is 5.56 Å². The van der Waals surface area contributed by atoms with Crippen molar-refractivity contribution in [2.45, 2.75) is 13.1 Å². The SMILES string of the molecule is O=C(Cn1ncn2nc(-c3ccc(F)cc3)cc2c1=O)NCc1ccc(Cl)cc1. The average molecular weight is 412 g/mol. The molecule has 0 atom stereocenters. The standard InChI is InChI=1S/C20H15ClFN5O2/c21-15-5-1-13(2-6-15)10-23-19(28)11-26-20(29)18-9-17(25-27(18)12-24-26)14-3-7-16(22)8-4-14/h1-9,12H,10-11H2,(H,23,28). The number of nitrogens with zero attached hydrogens (tertiary/aromatic N) is 4. The number of hydrogen-bond acceptors (Lipinski definition) is 4. The highest BCUT2D eigenvalue weighted by Crippen LogP contribution is 2.18. The third-order valence-corrected chi connectivity index (χ3v) is 4.58. The molecule has 0 aliphatic rings. The second-order valence-electron chi connectivity index (χ2n) is 6.36. The van der Waals surface area contributed by atoms with Gasteiger partial charge in [0.05, 0.1) is 5.69 Å². The Morgan fingerprint density at radius 3 is 2.55 bits per heavy atom. The Kier molecular flexibility index (Phi) is 5.09. The van der Waals surface area contributed by atoms with Crippen molar-refractivity contribution in [1.29, 1.82) is 0 Å². The van der Waals surface area contributed by atoms with Crippen LogP contribution in [0.25, 0.3) is 16.8 Å². The number of halogens is 2. The fourth-order valence-electron chi connectivity index (χ4n) is 2.81.